The van der Waals surface area contributed by atoms with E-state index in [0.29, 0.717) is 38.7 Å². The van der Waals surface area contributed by atoms with Gasteiger partial charge in [0.2, 0.25) is 15.9 Å². The van der Waals surface area contributed by atoms with Crippen molar-refractivity contribution < 1.29 is 17.9 Å². The molecule has 146 valence electrons. The third kappa shape index (κ3) is 5.39. The minimum atomic E-state index is -3.57. The van der Waals surface area contributed by atoms with Gasteiger partial charge in [0.1, 0.15) is 10.7 Å². The summed E-state index contributed by atoms with van der Waals surface area (Å²) in [5, 5.41) is 2.91. The lowest BCUT2D eigenvalue weighted by molar-refractivity contribution is -0.121. The van der Waals surface area contributed by atoms with E-state index in [-0.39, 0.29) is 22.9 Å². The van der Waals surface area contributed by atoms with E-state index in [9.17, 15) is 13.2 Å². The molecule has 1 aromatic rings. The number of hydrogen-bond donors (Lipinski definition) is 1. The molecule has 8 nitrogen and oxygen atoms in total. The molecule has 0 aromatic carbocycles. The van der Waals surface area contributed by atoms with Crippen molar-refractivity contribution in [2.75, 3.05) is 44.3 Å². The van der Waals surface area contributed by atoms with Crippen LogP contribution in [-0.2, 0) is 19.6 Å². The van der Waals surface area contributed by atoms with Gasteiger partial charge in [-0.25, -0.2) is 13.4 Å². The largest absolute Gasteiger partial charge is 0.379 e. The molecule has 0 bridgehead atoms. The van der Waals surface area contributed by atoms with Gasteiger partial charge in [0, 0.05) is 31.4 Å². The van der Waals surface area contributed by atoms with Crippen molar-refractivity contribution in [2.24, 2.45) is 0 Å². The van der Waals surface area contributed by atoms with E-state index >= 15 is 0 Å². The first-order valence-corrected chi connectivity index (χ1v) is 10.2. The van der Waals surface area contributed by atoms with Crippen LogP contribution in [0.25, 0.3) is 0 Å². The molecule has 1 amide bonds. The van der Waals surface area contributed by atoms with E-state index < -0.39 is 10.0 Å². The highest BCUT2D eigenvalue weighted by molar-refractivity contribution is 7.89. The Labute approximate surface area is 155 Å². The van der Waals surface area contributed by atoms with Crippen LogP contribution in [0.1, 0.15) is 27.7 Å². The fourth-order valence-electron chi connectivity index (χ4n) is 2.63. The molecule has 1 fully saturated rings. The predicted molar refractivity (Wildman–Crippen MR) is 99.6 cm³/mol. The van der Waals surface area contributed by atoms with Gasteiger partial charge in [-0.05, 0) is 39.8 Å². The van der Waals surface area contributed by atoms with Crippen molar-refractivity contribution in [2.45, 2.75) is 38.1 Å². The minimum absolute atomic E-state index is 0.105. The maximum Gasteiger partial charge on any atom is 0.244 e. The van der Waals surface area contributed by atoms with Crippen molar-refractivity contribution >= 4 is 21.7 Å². The molecule has 0 atom stereocenters. The standard InChI is InChI=1S/C17H28N4O4S/c1-5-20(13-16(22)19-17(2,3)4)15-7-6-14(12-18-15)26(23,24)21-8-10-25-11-9-21/h6-7,12H,5,8-11,13H2,1-4H3,(H,19,22). The van der Waals surface area contributed by atoms with E-state index in [1.54, 1.807) is 11.0 Å². The lowest BCUT2D eigenvalue weighted by Crippen LogP contribution is -2.46. The highest BCUT2D eigenvalue weighted by Crippen LogP contribution is 2.19. The van der Waals surface area contributed by atoms with Crippen LogP contribution in [0, 0.1) is 0 Å². The zero-order chi connectivity index (χ0) is 19.4. The molecular formula is C17H28N4O4S. The number of nitrogens with zero attached hydrogens (tertiary/aromatic N) is 3. The molecule has 2 heterocycles. The number of pyridine rings is 1. The van der Waals surface area contributed by atoms with Crippen LogP contribution in [0.4, 0.5) is 5.82 Å². The number of rotatable bonds is 6. The van der Waals surface area contributed by atoms with Crippen molar-refractivity contribution in [3.8, 4) is 0 Å². The number of amides is 1. The molecule has 1 aliphatic rings. The van der Waals surface area contributed by atoms with Crippen molar-refractivity contribution in [1.82, 2.24) is 14.6 Å². The Hall–Kier alpha value is -1.71. The van der Waals surface area contributed by atoms with E-state index in [4.69, 9.17) is 4.74 Å². The summed E-state index contributed by atoms with van der Waals surface area (Å²) in [7, 11) is -3.57. The number of carbonyl (C=O) groups is 1. The van der Waals surface area contributed by atoms with Crippen molar-refractivity contribution in [3.63, 3.8) is 0 Å². The van der Waals surface area contributed by atoms with E-state index in [2.05, 4.69) is 10.3 Å². The summed E-state index contributed by atoms with van der Waals surface area (Å²) in [4.78, 5) is 18.4. The molecule has 0 radical (unpaired) electrons. The summed E-state index contributed by atoms with van der Waals surface area (Å²) in [5.41, 5.74) is -0.306. The minimum Gasteiger partial charge on any atom is -0.379 e. The molecule has 1 aliphatic heterocycles. The highest BCUT2D eigenvalue weighted by atomic mass is 32.2. The van der Waals surface area contributed by atoms with Gasteiger partial charge in [0.15, 0.2) is 0 Å². The van der Waals surface area contributed by atoms with Gasteiger partial charge in [0.05, 0.1) is 19.8 Å². The molecule has 1 aromatic heterocycles. The Balaban J connectivity index is 2.10. The van der Waals surface area contributed by atoms with Crippen LogP contribution in [-0.4, -0.2) is 68.5 Å². The Morgan fingerprint density at radius 2 is 1.96 bits per heavy atom. The molecule has 2 rings (SSSR count). The number of aromatic nitrogens is 1. The van der Waals surface area contributed by atoms with E-state index in [0.717, 1.165) is 0 Å². The van der Waals surface area contributed by atoms with Crippen LogP contribution in [0.15, 0.2) is 23.2 Å². The van der Waals surface area contributed by atoms with Gasteiger partial charge < -0.3 is 15.0 Å². The SMILES string of the molecule is CCN(CC(=O)NC(C)(C)C)c1ccc(S(=O)(=O)N2CCOCC2)cn1. The third-order valence-electron chi connectivity index (χ3n) is 3.88. The number of morpholine rings is 1. The first-order valence-electron chi connectivity index (χ1n) is 8.73. The Morgan fingerprint density at radius 3 is 2.46 bits per heavy atom. The van der Waals surface area contributed by atoms with Gasteiger partial charge in [-0.15, -0.1) is 0 Å². The smallest absolute Gasteiger partial charge is 0.244 e. The van der Waals surface area contributed by atoms with Gasteiger partial charge in [-0.2, -0.15) is 4.31 Å². The number of likely N-dealkylation sites (N-methyl/N-ethyl adjacent to an activating group) is 1. The number of anilines is 1. The molecule has 0 spiro atoms. The number of nitrogens with one attached hydrogen (secondary N) is 1. The first-order chi connectivity index (χ1) is 12.1. The van der Waals surface area contributed by atoms with Crippen molar-refractivity contribution in [3.05, 3.63) is 18.3 Å². The predicted octanol–water partition coefficient (Wildman–Crippen LogP) is 0.844. The quantitative estimate of drug-likeness (QED) is 0.782. The summed E-state index contributed by atoms with van der Waals surface area (Å²) in [6, 6.07) is 3.18. The number of hydrogen-bond acceptors (Lipinski definition) is 6. The maximum atomic E-state index is 12.6. The molecular weight excluding hydrogens is 356 g/mol. The molecule has 26 heavy (non-hydrogen) atoms. The molecule has 0 aliphatic carbocycles. The summed E-state index contributed by atoms with van der Waals surface area (Å²) in [6.45, 7) is 9.92. The zero-order valence-electron chi connectivity index (χ0n) is 15.9. The highest BCUT2D eigenvalue weighted by Gasteiger charge is 2.27. The number of sulfonamides is 1. The Morgan fingerprint density at radius 1 is 1.31 bits per heavy atom. The normalized spacial score (nSPS) is 16.3. The van der Waals surface area contributed by atoms with Crippen LogP contribution in [0.2, 0.25) is 0 Å². The lowest BCUT2D eigenvalue weighted by Gasteiger charge is -2.27. The molecule has 0 unspecified atom stereocenters. The van der Waals surface area contributed by atoms with Gasteiger partial charge in [-0.1, -0.05) is 0 Å². The van der Waals surface area contributed by atoms with Crippen LogP contribution in [0.3, 0.4) is 0 Å². The Bertz CT molecular complexity index is 707. The second-order valence-electron chi connectivity index (χ2n) is 7.18. The van der Waals surface area contributed by atoms with E-state index in [1.807, 2.05) is 27.7 Å². The van der Waals surface area contributed by atoms with Gasteiger partial charge >= 0.3 is 0 Å². The van der Waals surface area contributed by atoms with Crippen LogP contribution < -0.4 is 10.2 Å². The fraction of sp³-hybridized carbons (Fsp3) is 0.647. The first kappa shape index (κ1) is 20.6. The van der Waals surface area contributed by atoms with Gasteiger partial charge in [0.25, 0.3) is 0 Å². The summed E-state index contributed by atoms with van der Waals surface area (Å²) < 4.78 is 31.9. The average molecular weight is 385 g/mol. The average Bonchev–Trinajstić information content (AvgIpc) is 2.59. The van der Waals surface area contributed by atoms with Crippen LogP contribution >= 0.6 is 0 Å². The zero-order valence-corrected chi connectivity index (χ0v) is 16.7. The van der Waals surface area contributed by atoms with Crippen molar-refractivity contribution in [1.29, 1.82) is 0 Å². The fourth-order valence-corrected chi connectivity index (χ4v) is 3.99. The van der Waals surface area contributed by atoms with E-state index in [1.165, 1.54) is 16.6 Å². The molecule has 1 saturated heterocycles. The maximum absolute atomic E-state index is 12.6. The topological polar surface area (TPSA) is 91.8 Å². The molecule has 9 heteroatoms. The number of ether oxygens (including phenoxy) is 1. The molecule has 1 N–H and O–H groups in total. The van der Waals surface area contributed by atoms with Crippen LogP contribution in [0.5, 0.6) is 0 Å². The monoisotopic (exact) mass is 384 g/mol. The lowest BCUT2D eigenvalue weighted by atomic mass is 10.1. The summed E-state index contributed by atoms with van der Waals surface area (Å²) in [5.74, 6) is 0.462. The summed E-state index contributed by atoms with van der Waals surface area (Å²) >= 11 is 0. The number of carbonyl (C=O) groups excluding carboxylic acids is 1. The molecule has 0 saturated carbocycles. The second kappa shape index (κ2) is 8.32. The Kier molecular flexibility index (Phi) is 6.59. The summed E-state index contributed by atoms with van der Waals surface area (Å²) in [6.07, 6.45) is 1.35. The second-order valence-corrected chi connectivity index (χ2v) is 9.12. The van der Waals surface area contributed by atoms with Gasteiger partial charge in [-0.3, -0.25) is 4.79 Å². The third-order valence-corrected chi connectivity index (χ3v) is 5.77.